The van der Waals surface area contributed by atoms with Crippen molar-refractivity contribution in [2.24, 2.45) is 0 Å². The van der Waals surface area contributed by atoms with Crippen molar-refractivity contribution in [1.29, 1.82) is 5.26 Å². The van der Waals surface area contributed by atoms with Gasteiger partial charge < -0.3 is 10.2 Å². The molecule has 0 amide bonds. The van der Waals surface area contributed by atoms with E-state index in [1.54, 1.807) is 12.1 Å². The molecule has 0 atom stereocenters. The summed E-state index contributed by atoms with van der Waals surface area (Å²) in [6.07, 6.45) is -0.665. The molecule has 0 aliphatic heterocycles. The fourth-order valence-corrected chi connectivity index (χ4v) is 2.71. The highest BCUT2D eigenvalue weighted by atomic mass is 16.4. The van der Waals surface area contributed by atoms with Gasteiger partial charge in [0, 0.05) is 11.8 Å². The number of pyridine rings is 1. The van der Waals surface area contributed by atoms with Crippen molar-refractivity contribution in [3.8, 4) is 22.9 Å². The van der Waals surface area contributed by atoms with Gasteiger partial charge in [-0.2, -0.15) is 5.26 Å². The van der Waals surface area contributed by atoms with Gasteiger partial charge in [0.15, 0.2) is 11.5 Å². The van der Waals surface area contributed by atoms with Crippen LogP contribution in [0.5, 0.6) is 5.75 Å². The summed E-state index contributed by atoms with van der Waals surface area (Å²) in [6, 6.07) is 16.7. The number of aromatic nitrogens is 1. The topological polar surface area (TPSA) is 111 Å². The minimum absolute atomic E-state index is 0.0496. The summed E-state index contributed by atoms with van der Waals surface area (Å²) >= 11 is 0. The molecule has 0 spiro atoms. The summed E-state index contributed by atoms with van der Waals surface area (Å²) in [7, 11) is 0. The van der Waals surface area contributed by atoms with Crippen LogP contribution in [0.2, 0.25) is 0 Å². The molecule has 0 fully saturated rings. The standard InChI is InChI=1S/C20H14N2O4/c21-11-15-14-10-13(12-4-2-1-3-5-12)6-7-16(14)22-19(20(15)26)17(23)8-9-18(24)25/h1-7,10,26H,8-9H2,(H,24,25). The number of benzene rings is 2. The molecule has 128 valence electrons. The molecule has 0 saturated heterocycles. The number of carbonyl (C=O) groups is 2. The van der Waals surface area contributed by atoms with E-state index in [1.807, 2.05) is 42.5 Å². The van der Waals surface area contributed by atoms with Crippen molar-refractivity contribution < 1.29 is 19.8 Å². The van der Waals surface area contributed by atoms with E-state index >= 15 is 0 Å². The molecule has 1 aromatic heterocycles. The molecule has 2 aromatic carbocycles. The van der Waals surface area contributed by atoms with Gasteiger partial charge in [-0.25, -0.2) is 4.98 Å². The highest BCUT2D eigenvalue weighted by molar-refractivity contribution is 6.02. The number of ketones is 1. The van der Waals surface area contributed by atoms with Gasteiger partial charge in [-0.15, -0.1) is 0 Å². The van der Waals surface area contributed by atoms with E-state index in [1.165, 1.54) is 0 Å². The van der Waals surface area contributed by atoms with E-state index in [2.05, 4.69) is 4.98 Å². The summed E-state index contributed by atoms with van der Waals surface area (Å²) in [5.74, 6) is -2.25. The molecule has 6 heteroatoms. The third-order valence-corrected chi connectivity index (χ3v) is 4.01. The number of Topliss-reactive ketones (excluding diaryl/α,β-unsaturated/α-hetero) is 1. The quantitative estimate of drug-likeness (QED) is 0.684. The van der Waals surface area contributed by atoms with Crippen LogP contribution in [0.3, 0.4) is 0 Å². The highest BCUT2D eigenvalue weighted by Crippen LogP contribution is 2.32. The lowest BCUT2D eigenvalue weighted by molar-refractivity contribution is -0.136. The fraction of sp³-hybridized carbons (Fsp3) is 0.100. The molecule has 6 nitrogen and oxygen atoms in total. The third-order valence-electron chi connectivity index (χ3n) is 4.01. The minimum Gasteiger partial charge on any atom is -0.504 e. The van der Waals surface area contributed by atoms with Crippen LogP contribution in [0.25, 0.3) is 22.0 Å². The Morgan fingerprint density at radius 2 is 1.77 bits per heavy atom. The van der Waals surface area contributed by atoms with Crippen molar-refractivity contribution >= 4 is 22.7 Å². The smallest absolute Gasteiger partial charge is 0.303 e. The number of carbonyl (C=O) groups excluding carboxylic acids is 1. The number of rotatable bonds is 5. The molecule has 0 aliphatic rings. The molecule has 0 saturated carbocycles. The molecular formula is C20H14N2O4. The zero-order valence-electron chi connectivity index (χ0n) is 13.6. The zero-order valence-corrected chi connectivity index (χ0v) is 13.6. The Labute approximate surface area is 149 Å². The number of hydrogen-bond donors (Lipinski definition) is 2. The van der Waals surface area contributed by atoms with Crippen LogP contribution >= 0.6 is 0 Å². The Bertz CT molecular complexity index is 1050. The van der Waals surface area contributed by atoms with Crippen LogP contribution in [0, 0.1) is 11.3 Å². The van der Waals surface area contributed by atoms with Gasteiger partial charge >= 0.3 is 5.97 Å². The van der Waals surface area contributed by atoms with Crippen LogP contribution < -0.4 is 0 Å². The van der Waals surface area contributed by atoms with Gasteiger partial charge in [-0.1, -0.05) is 36.4 Å². The van der Waals surface area contributed by atoms with E-state index in [4.69, 9.17) is 5.11 Å². The Balaban J connectivity index is 2.13. The summed E-state index contributed by atoms with van der Waals surface area (Å²) in [5.41, 5.74) is 1.85. The Kier molecular flexibility index (Phi) is 4.63. The monoisotopic (exact) mass is 346 g/mol. The van der Waals surface area contributed by atoms with E-state index in [0.29, 0.717) is 10.9 Å². The molecule has 26 heavy (non-hydrogen) atoms. The normalized spacial score (nSPS) is 10.4. The first kappa shape index (κ1) is 17.1. The number of nitrogens with zero attached hydrogens (tertiary/aromatic N) is 2. The first-order valence-corrected chi connectivity index (χ1v) is 7.88. The van der Waals surface area contributed by atoms with Gasteiger partial charge in [-0.3, -0.25) is 9.59 Å². The maximum Gasteiger partial charge on any atom is 0.303 e. The highest BCUT2D eigenvalue weighted by Gasteiger charge is 2.20. The maximum atomic E-state index is 12.2. The number of carboxylic acids is 1. The molecule has 0 bridgehead atoms. The Hall–Kier alpha value is -3.72. The molecular weight excluding hydrogens is 332 g/mol. The zero-order chi connectivity index (χ0) is 18.7. The predicted molar refractivity (Wildman–Crippen MR) is 94.8 cm³/mol. The van der Waals surface area contributed by atoms with Crippen molar-refractivity contribution in [2.75, 3.05) is 0 Å². The molecule has 2 N–H and O–H groups in total. The molecule has 0 unspecified atom stereocenters. The summed E-state index contributed by atoms with van der Waals surface area (Å²) in [4.78, 5) is 27.0. The van der Waals surface area contributed by atoms with Gasteiger partial charge in [0.25, 0.3) is 0 Å². The molecule has 0 radical (unpaired) electrons. The molecule has 0 aliphatic carbocycles. The predicted octanol–water partition coefficient (Wildman–Crippen LogP) is 3.53. The average Bonchev–Trinajstić information content (AvgIpc) is 2.66. The Morgan fingerprint density at radius 3 is 2.42 bits per heavy atom. The van der Waals surface area contributed by atoms with Crippen molar-refractivity contribution in [3.63, 3.8) is 0 Å². The SMILES string of the molecule is N#Cc1c(O)c(C(=O)CCC(=O)O)nc2ccc(-c3ccccc3)cc12. The second-order valence-electron chi connectivity index (χ2n) is 5.71. The first-order valence-electron chi connectivity index (χ1n) is 7.88. The van der Waals surface area contributed by atoms with Crippen LogP contribution in [-0.4, -0.2) is 26.9 Å². The minimum atomic E-state index is -1.12. The lowest BCUT2D eigenvalue weighted by Gasteiger charge is -2.09. The van der Waals surface area contributed by atoms with Crippen molar-refractivity contribution in [3.05, 3.63) is 59.8 Å². The van der Waals surface area contributed by atoms with Crippen molar-refractivity contribution in [1.82, 2.24) is 4.98 Å². The fourth-order valence-electron chi connectivity index (χ4n) is 2.71. The van der Waals surface area contributed by atoms with Crippen LogP contribution in [0.1, 0.15) is 28.9 Å². The van der Waals surface area contributed by atoms with E-state index in [0.717, 1.165) is 11.1 Å². The number of nitriles is 1. The van der Waals surface area contributed by atoms with E-state index in [9.17, 15) is 20.0 Å². The third kappa shape index (κ3) is 3.23. The molecule has 3 rings (SSSR count). The van der Waals surface area contributed by atoms with Crippen molar-refractivity contribution in [2.45, 2.75) is 12.8 Å². The second kappa shape index (κ2) is 7.03. The summed E-state index contributed by atoms with van der Waals surface area (Å²) in [6.45, 7) is 0. The number of carboxylic acid groups (broad SMARTS) is 1. The van der Waals surface area contributed by atoms with Gasteiger partial charge in [0.2, 0.25) is 0 Å². The summed E-state index contributed by atoms with van der Waals surface area (Å²) in [5, 5.41) is 28.9. The summed E-state index contributed by atoms with van der Waals surface area (Å²) < 4.78 is 0. The number of aromatic hydroxyl groups is 1. The number of fused-ring (bicyclic) bond motifs is 1. The lowest BCUT2D eigenvalue weighted by Crippen LogP contribution is -2.07. The largest absolute Gasteiger partial charge is 0.504 e. The van der Waals surface area contributed by atoms with Crippen LogP contribution in [0.4, 0.5) is 0 Å². The maximum absolute atomic E-state index is 12.2. The average molecular weight is 346 g/mol. The molecule has 3 aromatic rings. The van der Waals surface area contributed by atoms with Crippen LogP contribution in [0.15, 0.2) is 48.5 Å². The lowest BCUT2D eigenvalue weighted by atomic mass is 9.99. The second-order valence-corrected chi connectivity index (χ2v) is 5.71. The van der Waals surface area contributed by atoms with Gasteiger partial charge in [0.1, 0.15) is 17.3 Å². The van der Waals surface area contributed by atoms with Crippen LogP contribution in [-0.2, 0) is 4.79 Å². The van der Waals surface area contributed by atoms with Gasteiger partial charge in [-0.05, 0) is 23.3 Å². The number of hydrogen-bond acceptors (Lipinski definition) is 5. The van der Waals surface area contributed by atoms with E-state index in [-0.39, 0.29) is 24.1 Å². The van der Waals surface area contributed by atoms with Gasteiger partial charge in [0.05, 0.1) is 11.9 Å². The Morgan fingerprint density at radius 1 is 1.04 bits per heavy atom. The first-order chi connectivity index (χ1) is 12.5. The van der Waals surface area contributed by atoms with E-state index < -0.39 is 17.5 Å². The number of aliphatic carboxylic acids is 1. The molecule has 1 heterocycles.